The lowest BCUT2D eigenvalue weighted by Gasteiger charge is -2.25. The molecule has 148 valence electrons. The molecular formula is C20H29N3O4. The zero-order chi connectivity index (χ0) is 19.7. The van der Waals surface area contributed by atoms with E-state index in [0.717, 1.165) is 24.7 Å². The van der Waals surface area contributed by atoms with Crippen LogP contribution in [-0.2, 0) is 25.7 Å². The van der Waals surface area contributed by atoms with Gasteiger partial charge in [0.05, 0.1) is 11.6 Å². The van der Waals surface area contributed by atoms with Crippen molar-refractivity contribution in [3.05, 3.63) is 35.9 Å². The lowest BCUT2D eigenvalue weighted by molar-refractivity contribution is -0.146. The highest BCUT2D eigenvalue weighted by molar-refractivity contribution is 5.86. The summed E-state index contributed by atoms with van der Waals surface area (Å²) < 4.78 is 5.20. The van der Waals surface area contributed by atoms with Gasteiger partial charge >= 0.3 is 5.97 Å². The molecule has 0 saturated heterocycles. The maximum Gasteiger partial charge on any atom is 0.323 e. The van der Waals surface area contributed by atoms with Crippen molar-refractivity contribution in [2.75, 3.05) is 0 Å². The summed E-state index contributed by atoms with van der Waals surface area (Å²) in [5.41, 5.74) is 11.9. The van der Waals surface area contributed by atoms with Gasteiger partial charge in [0.1, 0.15) is 18.9 Å². The van der Waals surface area contributed by atoms with E-state index in [1.54, 1.807) is 0 Å². The average molecular weight is 375 g/mol. The fraction of sp³-hybridized carbons (Fsp3) is 0.550. The molecule has 2 rings (SSSR count). The molecule has 1 unspecified atom stereocenters. The van der Waals surface area contributed by atoms with Crippen LogP contribution in [0.25, 0.3) is 0 Å². The van der Waals surface area contributed by atoms with Crippen LogP contribution in [-0.4, -0.2) is 35.8 Å². The Bertz CT molecular complexity index is 629. The third-order valence-corrected chi connectivity index (χ3v) is 4.99. The van der Waals surface area contributed by atoms with E-state index in [1.165, 1.54) is 0 Å². The van der Waals surface area contributed by atoms with Crippen molar-refractivity contribution in [2.45, 2.75) is 69.2 Å². The van der Waals surface area contributed by atoms with Gasteiger partial charge in [-0.1, -0.05) is 43.2 Å². The van der Waals surface area contributed by atoms with Crippen LogP contribution < -0.4 is 16.8 Å². The van der Waals surface area contributed by atoms with Gasteiger partial charge < -0.3 is 26.3 Å². The number of esters is 1. The molecule has 1 saturated carbocycles. The zero-order valence-corrected chi connectivity index (χ0v) is 15.6. The lowest BCUT2D eigenvalue weighted by atomic mass is 9.98. The third kappa shape index (κ3) is 6.45. The Morgan fingerprint density at radius 3 is 2.37 bits per heavy atom. The molecule has 0 aromatic heterocycles. The minimum absolute atomic E-state index is 0.184. The van der Waals surface area contributed by atoms with Gasteiger partial charge in [-0.05, 0) is 37.7 Å². The molecule has 0 aliphatic heterocycles. The van der Waals surface area contributed by atoms with Crippen LogP contribution >= 0.6 is 0 Å². The fourth-order valence-corrected chi connectivity index (χ4v) is 3.26. The predicted octanol–water partition coefficient (Wildman–Crippen LogP) is 1.18. The second-order valence-corrected chi connectivity index (χ2v) is 7.21. The Morgan fingerprint density at radius 1 is 1.11 bits per heavy atom. The summed E-state index contributed by atoms with van der Waals surface area (Å²) in [6.45, 7) is 0.184. The van der Waals surface area contributed by atoms with E-state index in [1.807, 2.05) is 30.3 Å². The molecule has 1 aliphatic carbocycles. The number of carbonyl (C=O) groups excluding carboxylic acids is 3. The molecule has 7 nitrogen and oxygen atoms in total. The van der Waals surface area contributed by atoms with Crippen LogP contribution in [0.1, 0.15) is 50.5 Å². The summed E-state index contributed by atoms with van der Waals surface area (Å²) in [5, 5.41) is 2.79. The van der Waals surface area contributed by atoms with E-state index >= 15 is 0 Å². The van der Waals surface area contributed by atoms with E-state index in [-0.39, 0.29) is 12.5 Å². The summed E-state index contributed by atoms with van der Waals surface area (Å²) in [4.78, 5) is 35.5. The Kier molecular flexibility index (Phi) is 7.94. The van der Waals surface area contributed by atoms with Crippen molar-refractivity contribution in [1.82, 2.24) is 5.32 Å². The van der Waals surface area contributed by atoms with E-state index in [4.69, 9.17) is 16.2 Å². The minimum atomic E-state index is -0.758. The van der Waals surface area contributed by atoms with E-state index in [2.05, 4.69) is 5.32 Å². The summed E-state index contributed by atoms with van der Waals surface area (Å²) in [6.07, 6.45) is 5.28. The number of nitrogens with one attached hydrogen (secondary N) is 1. The highest BCUT2D eigenvalue weighted by atomic mass is 16.5. The molecule has 0 radical (unpaired) electrons. The van der Waals surface area contributed by atoms with Gasteiger partial charge in [0.2, 0.25) is 5.91 Å². The van der Waals surface area contributed by atoms with Gasteiger partial charge in [-0.25, -0.2) is 0 Å². The van der Waals surface area contributed by atoms with Gasteiger partial charge in [-0.15, -0.1) is 0 Å². The quantitative estimate of drug-likeness (QED) is 0.417. The predicted molar refractivity (Wildman–Crippen MR) is 101 cm³/mol. The Hall–Kier alpha value is -2.25. The van der Waals surface area contributed by atoms with Gasteiger partial charge in [-0.3, -0.25) is 9.59 Å². The Labute approximate surface area is 159 Å². The van der Waals surface area contributed by atoms with Crippen molar-refractivity contribution in [1.29, 1.82) is 0 Å². The number of benzene rings is 1. The molecule has 2 atom stereocenters. The van der Waals surface area contributed by atoms with Crippen LogP contribution in [0.5, 0.6) is 0 Å². The van der Waals surface area contributed by atoms with Crippen LogP contribution in [0.3, 0.4) is 0 Å². The number of rotatable bonds is 10. The highest BCUT2D eigenvalue weighted by Gasteiger charge is 2.36. The number of hydrogen-bond acceptors (Lipinski definition) is 6. The molecule has 27 heavy (non-hydrogen) atoms. The molecule has 0 spiro atoms. The van der Waals surface area contributed by atoms with Gasteiger partial charge in [-0.2, -0.15) is 0 Å². The van der Waals surface area contributed by atoms with Gasteiger partial charge in [0.25, 0.3) is 0 Å². The molecule has 0 heterocycles. The minimum Gasteiger partial charge on any atom is -0.460 e. The third-order valence-electron chi connectivity index (χ3n) is 4.99. The van der Waals surface area contributed by atoms with Crippen molar-refractivity contribution in [2.24, 2.45) is 11.5 Å². The average Bonchev–Trinajstić information content (AvgIpc) is 3.15. The zero-order valence-electron chi connectivity index (χ0n) is 15.6. The number of hydrogen-bond donors (Lipinski definition) is 3. The largest absolute Gasteiger partial charge is 0.460 e. The number of amides is 1. The molecule has 1 fully saturated rings. The summed E-state index contributed by atoms with van der Waals surface area (Å²) in [7, 11) is 0. The smallest absolute Gasteiger partial charge is 0.323 e. The van der Waals surface area contributed by atoms with E-state index in [9.17, 15) is 14.4 Å². The summed E-state index contributed by atoms with van der Waals surface area (Å²) in [6, 6.07) is 7.89. The molecule has 5 N–H and O–H groups in total. The van der Waals surface area contributed by atoms with Crippen molar-refractivity contribution >= 4 is 18.2 Å². The number of ether oxygens (including phenoxy) is 1. The van der Waals surface area contributed by atoms with E-state index in [0.29, 0.717) is 32.1 Å². The SMILES string of the molecule is NC(CCC[C@H](N)C(=O)NC1(C=O)CCCC1)C(=O)OCc1ccccc1. The van der Waals surface area contributed by atoms with Crippen molar-refractivity contribution in [3.63, 3.8) is 0 Å². The second kappa shape index (κ2) is 10.2. The van der Waals surface area contributed by atoms with Crippen molar-refractivity contribution < 1.29 is 19.1 Å². The van der Waals surface area contributed by atoms with Crippen LogP contribution in [0.4, 0.5) is 0 Å². The molecular weight excluding hydrogens is 346 g/mol. The second-order valence-electron chi connectivity index (χ2n) is 7.21. The molecule has 0 bridgehead atoms. The molecule has 1 amide bonds. The summed E-state index contributed by atoms with van der Waals surface area (Å²) in [5.74, 6) is -0.799. The number of aldehydes is 1. The van der Waals surface area contributed by atoms with Crippen molar-refractivity contribution in [3.8, 4) is 0 Å². The number of nitrogens with two attached hydrogens (primary N) is 2. The molecule has 7 heteroatoms. The lowest BCUT2D eigenvalue weighted by Crippen LogP contribution is -2.53. The Morgan fingerprint density at radius 2 is 1.74 bits per heavy atom. The first kappa shape index (κ1) is 21.1. The first-order valence-corrected chi connectivity index (χ1v) is 9.46. The maximum absolute atomic E-state index is 12.2. The first-order chi connectivity index (χ1) is 13.0. The topological polar surface area (TPSA) is 125 Å². The normalized spacial score (nSPS) is 17.7. The van der Waals surface area contributed by atoms with Gasteiger partial charge in [0, 0.05) is 0 Å². The molecule has 1 aromatic carbocycles. The molecule has 1 aliphatic rings. The van der Waals surface area contributed by atoms with Crippen LogP contribution in [0.15, 0.2) is 30.3 Å². The highest BCUT2D eigenvalue weighted by Crippen LogP contribution is 2.27. The van der Waals surface area contributed by atoms with Gasteiger partial charge in [0.15, 0.2) is 0 Å². The standard InChI is InChI=1S/C20H29N3O4/c21-16(18(25)23-20(14-24)11-4-5-12-20)9-6-10-17(22)19(26)27-13-15-7-2-1-3-8-15/h1-3,7-8,14,16-17H,4-6,9-13,21-22H2,(H,23,25)/t16-,17?/m0/s1. The van der Waals surface area contributed by atoms with Crippen LogP contribution in [0, 0.1) is 0 Å². The number of carbonyl (C=O) groups is 3. The monoisotopic (exact) mass is 375 g/mol. The van der Waals surface area contributed by atoms with Crippen LogP contribution in [0.2, 0.25) is 0 Å². The summed E-state index contributed by atoms with van der Waals surface area (Å²) >= 11 is 0. The fourth-order valence-electron chi connectivity index (χ4n) is 3.26. The maximum atomic E-state index is 12.2. The van der Waals surface area contributed by atoms with E-state index < -0.39 is 23.6 Å². The first-order valence-electron chi connectivity index (χ1n) is 9.46. The Balaban J connectivity index is 1.67. The molecule has 1 aromatic rings.